The van der Waals surface area contributed by atoms with E-state index in [4.69, 9.17) is 0 Å². The third kappa shape index (κ3) is 5.08. The molecule has 0 amide bonds. The summed E-state index contributed by atoms with van der Waals surface area (Å²) in [6.07, 6.45) is 8.55. The van der Waals surface area contributed by atoms with Crippen LogP contribution in [0.1, 0.15) is 59.3 Å². The largest absolute Gasteiger partial charge is 0.290 e. The molecule has 1 N–H and O–H groups in total. The maximum atomic E-state index is 3.72. The molecule has 0 aromatic heterocycles. The molecule has 1 saturated heterocycles. The molecule has 17 heavy (non-hydrogen) atoms. The maximum Gasteiger partial charge on any atom is 0.177 e. The Kier molecular flexibility index (Phi) is 8.10. The molecule has 0 radical (unpaired) electrons. The smallest absolute Gasteiger partial charge is 0.177 e. The zero-order chi connectivity index (χ0) is 12.5. The molecule has 0 aromatic rings. The third-order valence-corrected chi connectivity index (χ3v) is 5.56. The van der Waals surface area contributed by atoms with Crippen molar-refractivity contribution in [2.45, 2.75) is 65.6 Å². The van der Waals surface area contributed by atoms with Gasteiger partial charge < -0.3 is 0 Å². The number of nitrogens with one attached hydrogen (secondary N) is 1. The first kappa shape index (κ1) is 15.2. The highest BCUT2D eigenvalue weighted by atomic mass is 28.2. The van der Waals surface area contributed by atoms with Crippen molar-refractivity contribution in [2.75, 3.05) is 19.6 Å². The second-order valence-electron chi connectivity index (χ2n) is 5.15. The predicted molar refractivity (Wildman–Crippen MR) is 78.5 cm³/mol. The minimum atomic E-state index is -0.0852. The molecule has 0 atom stereocenters. The van der Waals surface area contributed by atoms with Crippen LogP contribution in [0.25, 0.3) is 0 Å². The van der Waals surface area contributed by atoms with Crippen LogP contribution in [0.4, 0.5) is 0 Å². The Hall–Kier alpha value is 0.0969. The van der Waals surface area contributed by atoms with Gasteiger partial charge in [0.2, 0.25) is 0 Å². The number of nitrogens with zero attached hydrogens (tertiary/aromatic N) is 2. The number of rotatable bonds is 10. The average Bonchev–Trinajstić information content (AvgIpc) is 2.33. The molecule has 0 bridgehead atoms. The quantitative estimate of drug-likeness (QED) is 0.476. The molecular weight excluding hydrogens is 226 g/mol. The lowest BCUT2D eigenvalue weighted by molar-refractivity contribution is 0.0620. The van der Waals surface area contributed by atoms with E-state index in [1.165, 1.54) is 58.2 Å². The normalized spacial score (nSPS) is 23.1. The maximum absolute atomic E-state index is 3.72. The summed E-state index contributed by atoms with van der Waals surface area (Å²) in [6.45, 7) is 10.7. The zero-order valence-electron chi connectivity index (χ0n) is 12.0. The van der Waals surface area contributed by atoms with Crippen LogP contribution in [0.15, 0.2) is 0 Å². The van der Waals surface area contributed by atoms with Gasteiger partial charge in [0.25, 0.3) is 0 Å². The third-order valence-electron chi connectivity index (χ3n) is 3.51. The van der Waals surface area contributed by atoms with Crippen molar-refractivity contribution in [1.82, 2.24) is 14.4 Å². The van der Waals surface area contributed by atoms with Crippen molar-refractivity contribution in [3.05, 3.63) is 0 Å². The molecule has 102 valence electrons. The Morgan fingerprint density at radius 2 is 1.41 bits per heavy atom. The first-order chi connectivity index (χ1) is 8.33. The summed E-state index contributed by atoms with van der Waals surface area (Å²) in [7, 11) is -0.0852. The zero-order valence-corrected chi connectivity index (χ0v) is 13.5. The van der Waals surface area contributed by atoms with Crippen LogP contribution >= 0.6 is 0 Å². The van der Waals surface area contributed by atoms with Gasteiger partial charge in [-0.15, -0.1) is 0 Å². The van der Waals surface area contributed by atoms with Crippen LogP contribution < -0.4 is 5.32 Å². The van der Waals surface area contributed by atoms with Crippen LogP contribution in [-0.2, 0) is 0 Å². The van der Waals surface area contributed by atoms with Gasteiger partial charge in [-0.05, 0) is 38.9 Å². The minimum absolute atomic E-state index is 0.0852. The topological polar surface area (TPSA) is 18.5 Å². The molecule has 1 aliphatic rings. The van der Waals surface area contributed by atoms with E-state index in [1.807, 2.05) is 0 Å². The number of hydrogen-bond acceptors (Lipinski definition) is 3. The fourth-order valence-corrected chi connectivity index (χ4v) is 4.22. The second-order valence-corrected chi connectivity index (χ2v) is 7.06. The van der Waals surface area contributed by atoms with Gasteiger partial charge in [-0.25, -0.2) is 0 Å². The van der Waals surface area contributed by atoms with Gasteiger partial charge in [-0.3, -0.25) is 14.4 Å². The van der Waals surface area contributed by atoms with Crippen LogP contribution in [-0.4, -0.2) is 44.9 Å². The predicted octanol–water partition coefficient (Wildman–Crippen LogP) is 1.88. The van der Waals surface area contributed by atoms with Gasteiger partial charge in [-0.1, -0.05) is 40.0 Å². The molecule has 0 aromatic carbocycles. The molecule has 1 rings (SSSR count). The van der Waals surface area contributed by atoms with E-state index in [0.29, 0.717) is 6.29 Å². The van der Waals surface area contributed by atoms with E-state index in [2.05, 4.69) is 35.2 Å². The lowest BCUT2D eigenvalue weighted by Gasteiger charge is -2.51. The summed E-state index contributed by atoms with van der Waals surface area (Å²) < 4.78 is 5.43. The van der Waals surface area contributed by atoms with Crippen LogP contribution in [0.3, 0.4) is 0 Å². The van der Waals surface area contributed by atoms with Crippen LogP contribution in [0.5, 0.6) is 0 Å². The molecule has 4 heteroatoms. The van der Waals surface area contributed by atoms with E-state index in [0.717, 1.165) is 0 Å². The summed E-state index contributed by atoms with van der Waals surface area (Å²) in [4.78, 5) is 0. The standard InChI is InChI=1S/C13H31N3Si/c1-4-7-10-14-13-15(11-8-5-2)17-16(13)12-9-6-3/h13-14H,4-12,17H2,1-3H3. The molecule has 1 fully saturated rings. The summed E-state index contributed by atoms with van der Waals surface area (Å²) >= 11 is 0. The van der Waals surface area contributed by atoms with E-state index in [9.17, 15) is 0 Å². The summed E-state index contributed by atoms with van der Waals surface area (Å²) in [6, 6.07) is 0. The molecule has 0 spiro atoms. The summed E-state index contributed by atoms with van der Waals surface area (Å²) in [5.74, 6) is 0. The Balaban J connectivity index is 2.25. The first-order valence-electron chi connectivity index (χ1n) is 7.54. The monoisotopic (exact) mass is 257 g/mol. The van der Waals surface area contributed by atoms with Crippen molar-refractivity contribution >= 4 is 9.84 Å². The Labute approximate surface area is 110 Å². The first-order valence-corrected chi connectivity index (χ1v) is 8.81. The van der Waals surface area contributed by atoms with Gasteiger partial charge in [-0.2, -0.15) is 0 Å². The fourth-order valence-electron chi connectivity index (χ4n) is 2.30. The number of unbranched alkanes of at least 4 members (excludes halogenated alkanes) is 3. The van der Waals surface area contributed by atoms with Crippen molar-refractivity contribution in [1.29, 1.82) is 0 Å². The molecule has 0 aliphatic carbocycles. The lowest BCUT2D eigenvalue weighted by Crippen LogP contribution is -2.72. The Morgan fingerprint density at radius 3 is 1.88 bits per heavy atom. The Bertz CT molecular complexity index is 176. The molecule has 1 aliphatic heterocycles. The lowest BCUT2D eigenvalue weighted by atomic mass is 10.3. The molecule has 0 unspecified atom stereocenters. The summed E-state index contributed by atoms with van der Waals surface area (Å²) in [5.41, 5.74) is 0. The van der Waals surface area contributed by atoms with Crippen molar-refractivity contribution in [3.8, 4) is 0 Å². The van der Waals surface area contributed by atoms with Crippen LogP contribution in [0.2, 0.25) is 0 Å². The average molecular weight is 257 g/mol. The van der Waals surface area contributed by atoms with Gasteiger partial charge in [0.05, 0.1) is 0 Å². The highest BCUT2D eigenvalue weighted by Crippen LogP contribution is 2.16. The van der Waals surface area contributed by atoms with Gasteiger partial charge >= 0.3 is 0 Å². The molecule has 1 heterocycles. The Morgan fingerprint density at radius 1 is 0.882 bits per heavy atom. The highest BCUT2D eigenvalue weighted by molar-refractivity contribution is 6.32. The van der Waals surface area contributed by atoms with Gasteiger partial charge in [0.15, 0.2) is 9.84 Å². The summed E-state index contributed by atoms with van der Waals surface area (Å²) in [5, 5.41) is 3.72. The minimum Gasteiger partial charge on any atom is -0.290 e. The van der Waals surface area contributed by atoms with Crippen molar-refractivity contribution in [3.63, 3.8) is 0 Å². The van der Waals surface area contributed by atoms with E-state index in [-0.39, 0.29) is 9.84 Å². The van der Waals surface area contributed by atoms with E-state index >= 15 is 0 Å². The molecule has 0 saturated carbocycles. The molecular formula is C13H31N3Si. The van der Waals surface area contributed by atoms with Crippen molar-refractivity contribution in [2.24, 2.45) is 0 Å². The van der Waals surface area contributed by atoms with Gasteiger partial charge in [0, 0.05) is 0 Å². The van der Waals surface area contributed by atoms with Crippen molar-refractivity contribution < 1.29 is 0 Å². The van der Waals surface area contributed by atoms with Crippen LogP contribution in [0, 0.1) is 0 Å². The second kappa shape index (κ2) is 9.08. The fraction of sp³-hybridized carbons (Fsp3) is 1.00. The van der Waals surface area contributed by atoms with E-state index in [1.54, 1.807) is 0 Å². The SMILES string of the molecule is CCCCNC1N(CCCC)[SiH2]N1CCCC. The molecule has 3 nitrogen and oxygen atoms in total. The number of hydrogen-bond donors (Lipinski definition) is 1. The van der Waals surface area contributed by atoms with E-state index < -0.39 is 0 Å². The van der Waals surface area contributed by atoms with Gasteiger partial charge in [0.1, 0.15) is 6.29 Å². The highest BCUT2D eigenvalue weighted by Gasteiger charge is 2.34.